The predicted molar refractivity (Wildman–Crippen MR) is 73.7 cm³/mol. The van der Waals surface area contributed by atoms with Crippen molar-refractivity contribution in [2.45, 2.75) is 32.7 Å². The molecule has 1 aromatic carbocycles. The summed E-state index contributed by atoms with van der Waals surface area (Å²) in [6.07, 6.45) is 0.891. The number of ether oxygens (including phenoxy) is 1. The number of fused-ring (bicyclic) bond motifs is 1. The van der Waals surface area contributed by atoms with Crippen LogP contribution in [0.5, 0.6) is 0 Å². The first-order valence-corrected chi connectivity index (χ1v) is 7.04. The van der Waals surface area contributed by atoms with Gasteiger partial charge in [-0.05, 0) is 30.2 Å². The van der Waals surface area contributed by atoms with E-state index in [2.05, 4.69) is 38.1 Å². The van der Waals surface area contributed by atoms with Gasteiger partial charge in [0.1, 0.15) is 0 Å². The number of carbonyl (C=O) groups is 1. The lowest BCUT2D eigenvalue weighted by molar-refractivity contribution is -0.0440. The van der Waals surface area contributed by atoms with Crippen molar-refractivity contribution < 1.29 is 9.53 Å². The van der Waals surface area contributed by atoms with Crippen LogP contribution in [0.2, 0.25) is 0 Å². The van der Waals surface area contributed by atoms with Crippen LogP contribution in [-0.4, -0.2) is 24.1 Å². The van der Waals surface area contributed by atoms with Crippen molar-refractivity contribution in [2.75, 3.05) is 13.2 Å². The van der Waals surface area contributed by atoms with Gasteiger partial charge in [0.05, 0.1) is 12.1 Å². The summed E-state index contributed by atoms with van der Waals surface area (Å²) in [5.41, 5.74) is 1.19. The van der Waals surface area contributed by atoms with Crippen LogP contribution in [0.1, 0.15) is 32.8 Å². The highest BCUT2D eigenvalue weighted by Gasteiger charge is 2.71. The highest BCUT2D eigenvalue weighted by Crippen LogP contribution is 2.68. The van der Waals surface area contributed by atoms with Gasteiger partial charge >= 0.3 is 6.09 Å². The smallest absolute Gasteiger partial charge is 0.410 e. The molecule has 1 aliphatic carbocycles. The third kappa shape index (κ3) is 1.41. The van der Waals surface area contributed by atoms with Crippen molar-refractivity contribution in [3.8, 4) is 0 Å². The Labute approximate surface area is 114 Å². The van der Waals surface area contributed by atoms with E-state index in [-0.39, 0.29) is 17.0 Å². The summed E-state index contributed by atoms with van der Waals surface area (Å²) in [6, 6.07) is 10.4. The summed E-state index contributed by atoms with van der Waals surface area (Å²) in [4.78, 5) is 14.2. The zero-order chi connectivity index (χ0) is 13.7. The lowest BCUT2D eigenvalue weighted by atomic mass is 9.51. The fraction of sp³-hybridized carbons (Fsp3) is 0.562. The molecule has 102 valence electrons. The number of nitrogens with zero attached hydrogens (tertiary/aromatic N) is 1. The Bertz CT molecular complexity index is 497. The molecule has 2 saturated heterocycles. The van der Waals surface area contributed by atoms with Gasteiger partial charge in [-0.25, -0.2) is 4.79 Å². The molecule has 19 heavy (non-hydrogen) atoms. The van der Waals surface area contributed by atoms with Gasteiger partial charge in [0, 0.05) is 6.54 Å². The number of amides is 1. The molecule has 0 N–H and O–H groups in total. The molecule has 1 amide bonds. The molecule has 1 aromatic rings. The quantitative estimate of drug-likeness (QED) is 0.814. The second kappa shape index (κ2) is 3.99. The maximum absolute atomic E-state index is 12.3. The van der Waals surface area contributed by atoms with Crippen LogP contribution in [0.3, 0.4) is 0 Å². The molecular formula is C16H21NO2. The molecule has 0 spiro atoms. The first kappa shape index (κ1) is 12.5. The van der Waals surface area contributed by atoms with E-state index in [1.54, 1.807) is 0 Å². The molecule has 3 aliphatic rings. The molecule has 2 heterocycles. The number of benzene rings is 1. The van der Waals surface area contributed by atoms with Gasteiger partial charge in [-0.2, -0.15) is 0 Å². The van der Waals surface area contributed by atoms with Crippen LogP contribution in [-0.2, 0) is 10.3 Å². The number of hydrogen-bond acceptors (Lipinski definition) is 2. The highest BCUT2D eigenvalue weighted by atomic mass is 16.6. The van der Waals surface area contributed by atoms with Crippen molar-refractivity contribution in [2.24, 2.45) is 11.3 Å². The van der Waals surface area contributed by atoms with Crippen molar-refractivity contribution in [3.63, 3.8) is 0 Å². The Morgan fingerprint density at radius 1 is 1.37 bits per heavy atom. The molecule has 0 radical (unpaired) electrons. The lowest BCUT2D eigenvalue weighted by Gasteiger charge is -2.56. The van der Waals surface area contributed by atoms with E-state index in [4.69, 9.17) is 4.74 Å². The maximum Gasteiger partial charge on any atom is 0.410 e. The molecule has 3 fully saturated rings. The zero-order valence-corrected chi connectivity index (χ0v) is 11.8. The standard InChI is InChI=1S/C16H21NO2/c1-4-19-14(18)17-11-13-10-16(17,15(13,2)3)12-8-6-5-7-9-12/h5-9,13H,4,10-11H2,1-3H3. The fourth-order valence-corrected chi connectivity index (χ4v) is 4.00. The van der Waals surface area contributed by atoms with Gasteiger partial charge in [0.15, 0.2) is 0 Å². The van der Waals surface area contributed by atoms with Crippen LogP contribution in [0.25, 0.3) is 0 Å². The minimum atomic E-state index is -0.175. The van der Waals surface area contributed by atoms with Gasteiger partial charge in [-0.15, -0.1) is 0 Å². The first-order chi connectivity index (χ1) is 9.04. The van der Waals surface area contributed by atoms with Gasteiger partial charge in [-0.1, -0.05) is 44.2 Å². The van der Waals surface area contributed by atoms with Crippen molar-refractivity contribution >= 4 is 6.09 Å². The van der Waals surface area contributed by atoms with Crippen LogP contribution in [0, 0.1) is 11.3 Å². The summed E-state index contributed by atoms with van der Waals surface area (Å²) in [5, 5.41) is 0. The molecule has 3 heteroatoms. The second-order valence-corrected chi connectivity index (χ2v) is 6.16. The lowest BCUT2D eigenvalue weighted by Crippen LogP contribution is -2.58. The van der Waals surface area contributed by atoms with Gasteiger partial charge in [0.25, 0.3) is 0 Å². The molecule has 2 unspecified atom stereocenters. The minimum Gasteiger partial charge on any atom is -0.450 e. The monoisotopic (exact) mass is 259 g/mol. The second-order valence-electron chi connectivity index (χ2n) is 6.16. The Balaban J connectivity index is 2.02. The Morgan fingerprint density at radius 2 is 2.05 bits per heavy atom. The van der Waals surface area contributed by atoms with Crippen LogP contribution >= 0.6 is 0 Å². The topological polar surface area (TPSA) is 29.5 Å². The normalized spacial score (nSPS) is 30.9. The molecule has 3 nitrogen and oxygen atoms in total. The van der Waals surface area contributed by atoms with E-state index in [1.807, 2.05) is 17.9 Å². The van der Waals surface area contributed by atoms with Crippen molar-refractivity contribution in [1.29, 1.82) is 0 Å². The maximum atomic E-state index is 12.3. The van der Waals surface area contributed by atoms with Crippen molar-refractivity contribution in [1.82, 2.24) is 4.90 Å². The molecule has 4 rings (SSSR count). The van der Waals surface area contributed by atoms with E-state index in [9.17, 15) is 4.79 Å². The molecular weight excluding hydrogens is 238 g/mol. The molecule has 0 aromatic heterocycles. The summed E-state index contributed by atoms with van der Waals surface area (Å²) in [5.74, 6) is 0.581. The predicted octanol–water partition coefficient (Wildman–Crippen LogP) is 3.40. The Hall–Kier alpha value is -1.51. The Morgan fingerprint density at radius 3 is 2.63 bits per heavy atom. The average Bonchev–Trinajstić information content (AvgIpc) is 2.92. The third-order valence-corrected chi connectivity index (χ3v) is 5.23. The third-order valence-electron chi connectivity index (χ3n) is 5.23. The summed E-state index contributed by atoms with van der Waals surface area (Å²) in [6.45, 7) is 7.66. The molecule has 1 saturated carbocycles. The Kier molecular flexibility index (Phi) is 2.63. The van der Waals surface area contributed by atoms with E-state index in [1.165, 1.54) is 5.56 Å². The van der Waals surface area contributed by atoms with Gasteiger partial charge in [-0.3, -0.25) is 4.90 Å². The first-order valence-electron chi connectivity index (χ1n) is 7.04. The molecule has 2 bridgehead atoms. The van der Waals surface area contributed by atoms with E-state index in [0.717, 1.165) is 13.0 Å². The summed E-state index contributed by atoms with van der Waals surface area (Å²) < 4.78 is 5.25. The van der Waals surface area contributed by atoms with Gasteiger partial charge < -0.3 is 4.74 Å². The molecule has 2 aliphatic heterocycles. The average molecular weight is 259 g/mol. The van der Waals surface area contributed by atoms with Crippen LogP contribution in [0.15, 0.2) is 30.3 Å². The SMILES string of the molecule is CCOC(=O)N1CC2CC1(c1ccccc1)C2(C)C. The molecule has 2 atom stereocenters. The van der Waals surface area contributed by atoms with Crippen LogP contribution in [0.4, 0.5) is 4.79 Å². The minimum absolute atomic E-state index is 0.126. The van der Waals surface area contributed by atoms with Crippen LogP contribution < -0.4 is 0 Å². The largest absolute Gasteiger partial charge is 0.450 e. The van der Waals surface area contributed by atoms with E-state index < -0.39 is 0 Å². The summed E-state index contributed by atoms with van der Waals surface area (Å²) in [7, 11) is 0. The number of rotatable bonds is 2. The zero-order valence-electron chi connectivity index (χ0n) is 11.8. The fourth-order valence-electron chi connectivity index (χ4n) is 4.00. The highest BCUT2D eigenvalue weighted by molar-refractivity contribution is 5.71. The van der Waals surface area contributed by atoms with Gasteiger partial charge in [0.2, 0.25) is 0 Å². The van der Waals surface area contributed by atoms with E-state index >= 15 is 0 Å². The van der Waals surface area contributed by atoms with Crippen molar-refractivity contribution in [3.05, 3.63) is 35.9 Å². The summed E-state index contributed by atoms with van der Waals surface area (Å²) >= 11 is 0. The van der Waals surface area contributed by atoms with E-state index in [0.29, 0.717) is 12.5 Å². The number of hydrogen-bond donors (Lipinski definition) is 0. The number of carbonyl (C=O) groups excluding carboxylic acids is 1.